The largest absolute Gasteiger partial charge is 0.366 e. The summed E-state index contributed by atoms with van der Waals surface area (Å²) < 4.78 is 5.92. The van der Waals surface area contributed by atoms with Gasteiger partial charge in [0, 0.05) is 4.47 Å². The SMILES string of the molecule is C[C@]1(c2cccc(Br)c2)NC(=O)CO[C@@H]1O. The van der Waals surface area contributed by atoms with Crippen molar-refractivity contribution in [1.29, 1.82) is 0 Å². The number of aliphatic hydroxyl groups is 1. The van der Waals surface area contributed by atoms with Crippen molar-refractivity contribution in [2.24, 2.45) is 0 Å². The van der Waals surface area contributed by atoms with Gasteiger partial charge in [-0.05, 0) is 24.6 Å². The van der Waals surface area contributed by atoms with E-state index < -0.39 is 11.8 Å². The Labute approximate surface area is 102 Å². The molecule has 0 spiro atoms. The van der Waals surface area contributed by atoms with Gasteiger partial charge in [-0.2, -0.15) is 0 Å². The molecule has 86 valence electrons. The van der Waals surface area contributed by atoms with Crippen LogP contribution in [0.15, 0.2) is 28.7 Å². The van der Waals surface area contributed by atoms with E-state index in [0.717, 1.165) is 10.0 Å². The van der Waals surface area contributed by atoms with Crippen LogP contribution in [0.5, 0.6) is 0 Å². The summed E-state index contributed by atoms with van der Waals surface area (Å²) in [5.74, 6) is -0.229. The number of hydrogen-bond acceptors (Lipinski definition) is 3. The third-order valence-electron chi connectivity index (χ3n) is 2.69. The normalized spacial score (nSPS) is 29.9. The molecule has 2 atom stereocenters. The van der Waals surface area contributed by atoms with Gasteiger partial charge < -0.3 is 15.2 Å². The van der Waals surface area contributed by atoms with Crippen LogP contribution in [0.4, 0.5) is 0 Å². The molecule has 1 amide bonds. The summed E-state index contributed by atoms with van der Waals surface area (Å²) in [5, 5.41) is 12.6. The van der Waals surface area contributed by atoms with Crippen molar-refractivity contribution < 1.29 is 14.6 Å². The maximum atomic E-state index is 11.3. The van der Waals surface area contributed by atoms with E-state index in [1.807, 2.05) is 24.3 Å². The first kappa shape index (κ1) is 11.6. The lowest BCUT2D eigenvalue weighted by molar-refractivity contribution is -0.186. The Bertz CT molecular complexity index is 423. The molecule has 0 aromatic heterocycles. The van der Waals surface area contributed by atoms with Gasteiger partial charge in [-0.15, -0.1) is 0 Å². The van der Waals surface area contributed by atoms with Crippen molar-refractivity contribution in [2.45, 2.75) is 18.8 Å². The minimum Gasteiger partial charge on any atom is -0.366 e. The molecule has 1 heterocycles. The Hall–Kier alpha value is -0.910. The summed E-state index contributed by atoms with van der Waals surface area (Å²) in [6, 6.07) is 7.41. The number of carbonyl (C=O) groups excluding carboxylic acids is 1. The molecule has 5 heteroatoms. The van der Waals surface area contributed by atoms with Crippen molar-refractivity contribution in [3.8, 4) is 0 Å². The number of ether oxygens (including phenoxy) is 1. The highest BCUT2D eigenvalue weighted by Crippen LogP contribution is 2.29. The van der Waals surface area contributed by atoms with Gasteiger partial charge in [0.2, 0.25) is 5.91 Å². The highest BCUT2D eigenvalue weighted by atomic mass is 79.9. The molecule has 0 aliphatic carbocycles. The Balaban J connectivity index is 2.39. The molecule has 1 aromatic rings. The smallest absolute Gasteiger partial charge is 0.246 e. The van der Waals surface area contributed by atoms with Crippen molar-refractivity contribution in [3.63, 3.8) is 0 Å². The predicted molar refractivity (Wildman–Crippen MR) is 61.6 cm³/mol. The predicted octanol–water partition coefficient (Wildman–Crippen LogP) is 1.13. The topological polar surface area (TPSA) is 58.6 Å². The maximum absolute atomic E-state index is 11.3. The molecular formula is C11H12BrNO3. The van der Waals surface area contributed by atoms with E-state index in [1.54, 1.807) is 6.92 Å². The number of rotatable bonds is 1. The molecule has 2 N–H and O–H groups in total. The fourth-order valence-electron chi connectivity index (χ4n) is 1.73. The molecule has 4 nitrogen and oxygen atoms in total. The maximum Gasteiger partial charge on any atom is 0.246 e. The third kappa shape index (κ3) is 1.98. The first-order chi connectivity index (χ1) is 7.52. The van der Waals surface area contributed by atoms with Crippen molar-refractivity contribution in [2.75, 3.05) is 6.61 Å². The number of hydrogen-bond donors (Lipinski definition) is 2. The number of amides is 1. The number of nitrogens with one attached hydrogen (secondary N) is 1. The van der Waals surface area contributed by atoms with Gasteiger partial charge in [-0.3, -0.25) is 4.79 Å². The van der Waals surface area contributed by atoms with Gasteiger partial charge in [-0.25, -0.2) is 0 Å². The lowest BCUT2D eigenvalue weighted by Gasteiger charge is -2.39. The number of morpholine rings is 1. The monoisotopic (exact) mass is 285 g/mol. The van der Waals surface area contributed by atoms with E-state index in [4.69, 9.17) is 4.74 Å². The molecule has 0 saturated carbocycles. The van der Waals surface area contributed by atoms with Crippen molar-refractivity contribution >= 4 is 21.8 Å². The van der Waals surface area contributed by atoms with Crippen molar-refractivity contribution in [1.82, 2.24) is 5.32 Å². The van der Waals surface area contributed by atoms with E-state index in [-0.39, 0.29) is 12.5 Å². The Morgan fingerprint density at radius 1 is 1.62 bits per heavy atom. The second-order valence-electron chi connectivity index (χ2n) is 3.92. The lowest BCUT2D eigenvalue weighted by atomic mass is 9.90. The van der Waals surface area contributed by atoms with E-state index >= 15 is 0 Å². The molecule has 0 bridgehead atoms. The molecule has 0 radical (unpaired) electrons. The second kappa shape index (κ2) is 4.16. The van der Waals surface area contributed by atoms with Crippen molar-refractivity contribution in [3.05, 3.63) is 34.3 Å². The zero-order valence-corrected chi connectivity index (χ0v) is 10.3. The minimum atomic E-state index is -1.04. The van der Waals surface area contributed by atoms with E-state index in [2.05, 4.69) is 21.2 Å². The number of aliphatic hydroxyl groups excluding tert-OH is 1. The van der Waals surface area contributed by atoms with Gasteiger partial charge in [0.15, 0.2) is 6.29 Å². The fourth-order valence-corrected chi connectivity index (χ4v) is 2.13. The molecule has 1 aliphatic heterocycles. The summed E-state index contributed by atoms with van der Waals surface area (Å²) in [4.78, 5) is 11.3. The molecule has 2 rings (SSSR count). The van der Waals surface area contributed by atoms with Crippen LogP contribution in [-0.2, 0) is 15.1 Å². The van der Waals surface area contributed by atoms with Crippen LogP contribution in [0.2, 0.25) is 0 Å². The van der Waals surface area contributed by atoms with Gasteiger partial charge in [0.05, 0.1) is 0 Å². The van der Waals surface area contributed by atoms with Gasteiger partial charge in [-0.1, -0.05) is 28.1 Å². The molecule has 1 fully saturated rings. The number of benzene rings is 1. The van der Waals surface area contributed by atoms with E-state index in [1.165, 1.54) is 0 Å². The summed E-state index contributed by atoms with van der Waals surface area (Å²) in [6.45, 7) is 1.63. The second-order valence-corrected chi connectivity index (χ2v) is 4.84. The van der Waals surface area contributed by atoms with Crippen LogP contribution in [0, 0.1) is 0 Å². The Morgan fingerprint density at radius 3 is 3.06 bits per heavy atom. The molecule has 0 unspecified atom stereocenters. The van der Waals surface area contributed by atoms with Crippen LogP contribution in [0.3, 0.4) is 0 Å². The minimum absolute atomic E-state index is 0.106. The zero-order valence-electron chi connectivity index (χ0n) is 8.74. The van der Waals surface area contributed by atoms with Crippen LogP contribution < -0.4 is 5.32 Å². The molecule has 16 heavy (non-hydrogen) atoms. The molecular weight excluding hydrogens is 274 g/mol. The summed E-state index contributed by atoms with van der Waals surface area (Å²) in [6.07, 6.45) is -1.04. The molecule has 1 aliphatic rings. The summed E-state index contributed by atoms with van der Waals surface area (Å²) in [5.41, 5.74) is -0.110. The third-order valence-corrected chi connectivity index (χ3v) is 3.18. The van der Waals surface area contributed by atoms with Crippen LogP contribution in [0.25, 0.3) is 0 Å². The average molecular weight is 286 g/mol. The standard InChI is InChI=1S/C11H12BrNO3/c1-11(7-3-2-4-8(12)5-7)10(15)16-6-9(14)13-11/h2-5,10,15H,6H2,1H3,(H,13,14)/t10-,11+/m0/s1. The van der Waals surface area contributed by atoms with Gasteiger partial charge in [0.1, 0.15) is 12.1 Å². The zero-order chi connectivity index (χ0) is 11.8. The Morgan fingerprint density at radius 2 is 2.38 bits per heavy atom. The first-order valence-corrected chi connectivity index (χ1v) is 5.68. The highest BCUT2D eigenvalue weighted by Gasteiger charge is 2.41. The quantitative estimate of drug-likeness (QED) is 0.813. The van der Waals surface area contributed by atoms with Crippen LogP contribution in [-0.4, -0.2) is 23.9 Å². The highest BCUT2D eigenvalue weighted by molar-refractivity contribution is 9.10. The number of halogens is 1. The first-order valence-electron chi connectivity index (χ1n) is 4.89. The lowest BCUT2D eigenvalue weighted by Crippen LogP contribution is -2.58. The van der Waals surface area contributed by atoms with Gasteiger partial charge in [0.25, 0.3) is 0 Å². The average Bonchev–Trinajstić information content (AvgIpc) is 2.24. The van der Waals surface area contributed by atoms with Crippen LogP contribution in [0.1, 0.15) is 12.5 Å². The number of carbonyl (C=O) groups is 1. The molecule has 1 saturated heterocycles. The Kier molecular flexibility index (Phi) is 3.01. The molecule has 1 aromatic carbocycles. The fraction of sp³-hybridized carbons (Fsp3) is 0.364. The van der Waals surface area contributed by atoms with Crippen LogP contribution >= 0.6 is 15.9 Å². The van der Waals surface area contributed by atoms with E-state index in [0.29, 0.717) is 0 Å². The summed E-state index contributed by atoms with van der Waals surface area (Å²) in [7, 11) is 0. The van der Waals surface area contributed by atoms with Gasteiger partial charge >= 0.3 is 0 Å². The summed E-state index contributed by atoms with van der Waals surface area (Å²) >= 11 is 3.35. The van der Waals surface area contributed by atoms with E-state index in [9.17, 15) is 9.90 Å².